The number of aliphatic carboxylic acids is 1. The molecule has 1 aliphatic rings. The van der Waals surface area contributed by atoms with Gasteiger partial charge in [0.25, 0.3) is 0 Å². The van der Waals surface area contributed by atoms with Gasteiger partial charge in [-0.05, 0) is 48.4 Å². The topological polar surface area (TPSA) is 97.7 Å². The number of hydrogen-bond acceptors (Lipinski definition) is 5. The largest absolute Gasteiger partial charge is 0.492 e. The van der Waals surface area contributed by atoms with Gasteiger partial charge in [0.2, 0.25) is 0 Å². The molecule has 136 valence electrons. The van der Waals surface area contributed by atoms with E-state index in [0.717, 1.165) is 11.8 Å². The Morgan fingerprint density at radius 3 is 2.38 bits per heavy atom. The number of fused-ring (bicyclic) bond motifs is 1. The summed E-state index contributed by atoms with van der Waals surface area (Å²) in [7, 11) is -3.35. The third-order valence-corrected chi connectivity index (χ3v) is 5.59. The van der Waals surface area contributed by atoms with Crippen molar-refractivity contribution in [2.45, 2.75) is 24.2 Å². The summed E-state index contributed by atoms with van der Waals surface area (Å²) in [5.74, 6) is -1.58. The van der Waals surface area contributed by atoms with Gasteiger partial charge < -0.3 is 9.84 Å². The Morgan fingerprint density at radius 1 is 1.15 bits per heavy atom. The van der Waals surface area contributed by atoms with Crippen LogP contribution in [0.5, 0.6) is 5.75 Å². The van der Waals surface area contributed by atoms with Gasteiger partial charge in [0.1, 0.15) is 5.75 Å². The molecule has 1 aliphatic heterocycles. The number of sulfone groups is 1. The first-order valence-corrected chi connectivity index (χ1v) is 9.95. The number of carbonyl (C=O) groups excluding carboxylic acids is 1. The first kappa shape index (κ1) is 18.1. The van der Waals surface area contributed by atoms with Crippen molar-refractivity contribution in [3.05, 3.63) is 58.7 Å². The highest BCUT2D eigenvalue weighted by Gasteiger charge is 2.26. The van der Waals surface area contributed by atoms with Gasteiger partial charge >= 0.3 is 5.97 Å². The molecule has 0 aliphatic carbocycles. The SMILES string of the molecule is CC(C(=O)O)c1cc2c(c(C(=O)c3ccc(S(C)(=O)=O)cc3)c1)OCC2. The highest BCUT2D eigenvalue weighted by atomic mass is 32.2. The van der Waals surface area contributed by atoms with Crippen molar-refractivity contribution in [2.75, 3.05) is 12.9 Å². The third kappa shape index (κ3) is 3.35. The van der Waals surface area contributed by atoms with E-state index in [1.54, 1.807) is 19.1 Å². The molecule has 0 spiro atoms. The summed E-state index contributed by atoms with van der Waals surface area (Å²) in [6.07, 6.45) is 1.71. The van der Waals surface area contributed by atoms with Crippen LogP contribution in [0, 0.1) is 0 Å². The molecule has 2 aromatic carbocycles. The number of carboxylic acids is 1. The van der Waals surface area contributed by atoms with Crippen LogP contribution in [-0.2, 0) is 21.1 Å². The molecular formula is C19H18O6S. The molecule has 1 atom stereocenters. The number of rotatable bonds is 5. The summed E-state index contributed by atoms with van der Waals surface area (Å²) in [5.41, 5.74) is 1.97. The van der Waals surface area contributed by atoms with Crippen molar-refractivity contribution >= 4 is 21.6 Å². The maximum Gasteiger partial charge on any atom is 0.310 e. The quantitative estimate of drug-likeness (QED) is 0.808. The molecule has 26 heavy (non-hydrogen) atoms. The van der Waals surface area contributed by atoms with Crippen LogP contribution in [0.15, 0.2) is 41.3 Å². The molecule has 1 N–H and O–H groups in total. The van der Waals surface area contributed by atoms with Gasteiger partial charge in [0.05, 0.1) is 23.0 Å². The maximum absolute atomic E-state index is 12.9. The number of carboxylic acid groups (broad SMARTS) is 1. The van der Waals surface area contributed by atoms with Crippen molar-refractivity contribution in [2.24, 2.45) is 0 Å². The fraction of sp³-hybridized carbons (Fsp3) is 0.263. The normalized spacial score (nSPS) is 14.4. The van der Waals surface area contributed by atoms with E-state index < -0.39 is 21.7 Å². The predicted molar refractivity (Wildman–Crippen MR) is 94.7 cm³/mol. The number of carbonyl (C=O) groups is 2. The lowest BCUT2D eigenvalue weighted by molar-refractivity contribution is -0.138. The number of hydrogen-bond donors (Lipinski definition) is 1. The molecule has 0 saturated carbocycles. The van der Waals surface area contributed by atoms with E-state index in [-0.39, 0.29) is 10.7 Å². The Bertz CT molecular complexity index is 989. The van der Waals surface area contributed by atoms with Gasteiger partial charge in [0, 0.05) is 18.2 Å². The molecule has 1 unspecified atom stereocenters. The zero-order valence-corrected chi connectivity index (χ0v) is 15.2. The van der Waals surface area contributed by atoms with Crippen molar-refractivity contribution < 1.29 is 27.9 Å². The Morgan fingerprint density at radius 2 is 1.81 bits per heavy atom. The number of ether oxygens (including phenoxy) is 1. The van der Waals surface area contributed by atoms with Gasteiger partial charge in [-0.15, -0.1) is 0 Å². The van der Waals surface area contributed by atoms with Crippen LogP contribution in [0.4, 0.5) is 0 Å². The first-order chi connectivity index (χ1) is 12.2. The van der Waals surface area contributed by atoms with Gasteiger partial charge in [-0.3, -0.25) is 9.59 Å². The molecule has 7 heteroatoms. The third-order valence-electron chi connectivity index (χ3n) is 4.47. The molecule has 0 radical (unpaired) electrons. The van der Waals surface area contributed by atoms with Crippen LogP contribution in [0.25, 0.3) is 0 Å². The summed E-state index contributed by atoms with van der Waals surface area (Å²) in [4.78, 5) is 24.4. The van der Waals surface area contributed by atoms with Crippen LogP contribution < -0.4 is 4.74 Å². The fourth-order valence-electron chi connectivity index (χ4n) is 2.90. The van der Waals surface area contributed by atoms with E-state index in [1.165, 1.54) is 24.3 Å². The molecule has 0 bridgehead atoms. The Hall–Kier alpha value is -2.67. The minimum atomic E-state index is -3.35. The van der Waals surface area contributed by atoms with Crippen molar-refractivity contribution in [1.82, 2.24) is 0 Å². The van der Waals surface area contributed by atoms with Crippen LogP contribution in [0.2, 0.25) is 0 Å². The van der Waals surface area contributed by atoms with E-state index >= 15 is 0 Å². The molecule has 2 aromatic rings. The lowest BCUT2D eigenvalue weighted by atomic mass is 9.92. The van der Waals surface area contributed by atoms with E-state index in [9.17, 15) is 23.1 Å². The Labute approximate surface area is 151 Å². The lowest BCUT2D eigenvalue weighted by Crippen LogP contribution is -2.10. The molecule has 0 fully saturated rings. The Balaban J connectivity index is 2.05. The minimum absolute atomic E-state index is 0.128. The highest BCUT2D eigenvalue weighted by Crippen LogP contribution is 2.35. The van der Waals surface area contributed by atoms with Gasteiger partial charge in [-0.25, -0.2) is 8.42 Å². The molecule has 1 heterocycles. The van der Waals surface area contributed by atoms with Crippen LogP contribution >= 0.6 is 0 Å². The summed E-state index contributed by atoms with van der Waals surface area (Å²) in [6, 6.07) is 8.99. The second-order valence-corrected chi connectivity index (χ2v) is 8.36. The summed E-state index contributed by atoms with van der Waals surface area (Å²) < 4.78 is 28.7. The molecule has 6 nitrogen and oxygen atoms in total. The number of benzene rings is 2. The van der Waals surface area contributed by atoms with Crippen molar-refractivity contribution in [3.8, 4) is 5.75 Å². The van der Waals surface area contributed by atoms with Crippen LogP contribution in [-0.4, -0.2) is 38.1 Å². The first-order valence-electron chi connectivity index (χ1n) is 8.05. The van der Waals surface area contributed by atoms with Crippen LogP contribution in [0.3, 0.4) is 0 Å². The second kappa shape index (κ2) is 6.57. The molecule has 0 amide bonds. The zero-order valence-electron chi connectivity index (χ0n) is 14.4. The number of ketones is 1. The van der Waals surface area contributed by atoms with Crippen LogP contribution in [0.1, 0.15) is 39.9 Å². The minimum Gasteiger partial charge on any atom is -0.492 e. The van der Waals surface area contributed by atoms with Gasteiger partial charge in [-0.1, -0.05) is 6.07 Å². The standard InChI is InChI=1S/C19H18O6S/c1-11(19(21)22)14-9-13-7-8-25-18(13)16(10-14)17(20)12-3-5-15(6-4-12)26(2,23)24/h3-6,9-11H,7-8H2,1-2H3,(H,21,22). The lowest BCUT2D eigenvalue weighted by Gasteiger charge is -2.13. The van der Waals surface area contributed by atoms with Crippen molar-refractivity contribution in [1.29, 1.82) is 0 Å². The van der Waals surface area contributed by atoms with E-state index in [1.807, 2.05) is 0 Å². The van der Waals surface area contributed by atoms with E-state index in [0.29, 0.717) is 35.5 Å². The Kier molecular flexibility index (Phi) is 4.58. The maximum atomic E-state index is 12.9. The van der Waals surface area contributed by atoms with E-state index in [2.05, 4.69) is 0 Å². The van der Waals surface area contributed by atoms with Gasteiger partial charge in [0.15, 0.2) is 15.6 Å². The summed E-state index contributed by atoms with van der Waals surface area (Å²) in [6.45, 7) is 2.00. The molecular weight excluding hydrogens is 356 g/mol. The summed E-state index contributed by atoms with van der Waals surface area (Å²) >= 11 is 0. The average Bonchev–Trinajstić information content (AvgIpc) is 3.07. The fourth-order valence-corrected chi connectivity index (χ4v) is 3.53. The molecule has 0 aromatic heterocycles. The average molecular weight is 374 g/mol. The highest BCUT2D eigenvalue weighted by molar-refractivity contribution is 7.90. The molecule has 3 rings (SSSR count). The molecule has 0 saturated heterocycles. The van der Waals surface area contributed by atoms with Crippen molar-refractivity contribution in [3.63, 3.8) is 0 Å². The van der Waals surface area contributed by atoms with Gasteiger partial charge in [-0.2, -0.15) is 0 Å². The van der Waals surface area contributed by atoms with E-state index in [4.69, 9.17) is 4.74 Å². The second-order valence-electron chi connectivity index (χ2n) is 6.34. The monoisotopic (exact) mass is 374 g/mol. The summed E-state index contributed by atoms with van der Waals surface area (Å²) in [5, 5.41) is 9.26. The zero-order chi connectivity index (χ0) is 19.1. The smallest absolute Gasteiger partial charge is 0.310 e. The predicted octanol–water partition coefficient (Wildman–Crippen LogP) is 2.44.